The Bertz CT molecular complexity index is 591. The van der Waals surface area contributed by atoms with Crippen LogP contribution >= 0.6 is 11.8 Å². The van der Waals surface area contributed by atoms with Gasteiger partial charge in [-0.05, 0) is 31.5 Å². The summed E-state index contributed by atoms with van der Waals surface area (Å²) in [6, 6.07) is 8.98. The molecule has 0 fully saturated rings. The van der Waals surface area contributed by atoms with Gasteiger partial charge < -0.3 is 10.1 Å². The first-order valence-corrected chi connectivity index (χ1v) is 6.40. The van der Waals surface area contributed by atoms with Gasteiger partial charge in [0, 0.05) is 16.7 Å². The summed E-state index contributed by atoms with van der Waals surface area (Å²) in [6.07, 6.45) is -0.471. The molecule has 2 rings (SSSR count). The van der Waals surface area contributed by atoms with Gasteiger partial charge in [-0.15, -0.1) is 0 Å². The third-order valence-corrected chi connectivity index (χ3v) is 3.32. The average Bonchev–Trinajstić information content (AvgIpc) is 2.28. The fourth-order valence-corrected chi connectivity index (χ4v) is 2.36. The number of H-pyrrole nitrogens is 1. The van der Waals surface area contributed by atoms with Crippen molar-refractivity contribution in [2.45, 2.75) is 30.0 Å². The molecule has 0 radical (unpaired) electrons. The first-order valence-electron chi connectivity index (χ1n) is 5.58. The van der Waals surface area contributed by atoms with Crippen LogP contribution in [-0.2, 0) is 0 Å². The quantitative estimate of drug-likeness (QED) is 0.833. The molecule has 1 aromatic carbocycles. The molecule has 0 unspecified atom stereocenters. The van der Waals surface area contributed by atoms with Crippen LogP contribution < -0.4 is 5.56 Å². The number of nitrogens with one attached hydrogen (secondary N) is 1. The van der Waals surface area contributed by atoms with E-state index in [0.717, 1.165) is 10.5 Å². The Morgan fingerprint density at radius 3 is 2.56 bits per heavy atom. The molecule has 0 bridgehead atoms. The Hall–Kier alpha value is -1.59. The van der Waals surface area contributed by atoms with Crippen LogP contribution in [0.1, 0.15) is 24.3 Å². The van der Waals surface area contributed by atoms with Crippen molar-refractivity contribution >= 4 is 11.8 Å². The molecular formula is C13H14N2O2S. The molecule has 1 atom stereocenters. The van der Waals surface area contributed by atoms with E-state index in [2.05, 4.69) is 9.97 Å². The van der Waals surface area contributed by atoms with E-state index >= 15 is 0 Å². The van der Waals surface area contributed by atoms with Crippen molar-refractivity contribution in [2.75, 3.05) is 0 Å². The van der Waals surface area contributed by atoms with Crippen molar-refractivity contribution < 1.29 is 5.11 Å². The minimum absolute atomic E-state index is 0.148. The third kappa shape index (κ3) is 3.21. The molecule has 1 aromatic heterocycles. The monoisotopic (exact) mass is 262 g/mol. The summed E-state index contributed by atoms with van der Waals surface area (Å²) in [7, 11) is 0. The summed E-state index contributed by atoms with van der Waals surface area (Å²) in [6.45, 7) is 3.51. The molecule has 2 aromatic rings. The van der Waals surface area contributed by atoms with Crippen LogP contribution in [0.25, 0.3) is 0 Å². The molecule has 0 saturated carbocycles. The standard InChI is InChI=1S/C13H14N2O2S/c1-8-7-12(17)15-13(14-8)18-11-5-3-10(4-6-11)9(2)16/h3-7,9,16H,1-2H3,(H,14,15,17)/t9-/m0/s1. The minimum atomic E-state index is -0.471. The van der Waals surface area contributed by atoms with Gasteiger partial charge in [-0.3, -0.25) is 4.79 Å². The van der Waals surface area contributed by atoms with Gasteiger partial charge in [0.1, 0.15) is 0 Å². The molecule has 0 spiro atoms. The topological polar surface area (TPSA) is 66.0 Å². The highest BCUT2D eigenvalue weighted by Gasteiger charge is 2.03. The van der Waals surface area contributed by atoms with Crippen molar-refractivity contribution in [1.29, 1.82) is 0 Å². The van der Waals surface area contributed by atoms with E-state index in [1.54, 1.807) is 13.8 Å². The summed E-state index contributed by atoms with van der Waals surface area (Å²) in [5.41, 5.74) is 1.41. The number of aromatic nitrogens is 2. The second-order valence-corrected chi connectivity index (χ2v) is 5.10. The van der Waals surface area contributed by atoms with Gasteiger partial charge in [0.25, 0.3) is 5.56 Å². The van der Waals surface area contributed by atoms with Gasteiger partial charge in [-0.25, -0.2) is 4.98 Å². The lowest BCUT2D eigenvalue weighted by atomic mass is 10.1. The van der Waals surface area contributed by atoms with E-state index in [4.69, 9.17) is 0 Å². The number of rotatable bonds is 3. The van der Waals surface area contributed by atoms with Crippen LogP contribution in [0.4, 0.5) is 0 Å². The summed E-state index contributed by atoms with van der Waals surface area (Å²) < 4.78 is 0. The van der Waals surface area contributed by atoms with Crippen molar-refractivity contribution in [3.8, 4) is 0 Å². The highest BCUT2D eigenvalue weighted by atomic mass is 32.2. The number of aliphatic hydroxyl groups is 1. The van der Waals surface area contributed by atoms with Crippen LogP contribution in [0.5, 0.6) is 0 Å². The molecular weight excluding hydrogens is 248 g/mol. The summed E-state index contributed by atoms with van der Waals surface area (Å²) in [4.78, 5) is 19.2. The Morgan fingerprint density at radius 1 is 1.33 bits per heavy atom. The summed E-state index contributed by atoms with van der Waals surface area (Å²) in [5, 5.41) is 9.98. The predicted molar refractivity (Wildman–Crippen MR) is 70.8 cm³/mol. The van der Waals surface area contributed by atoms with Crippen LogP contribution in [0.2, 0.25) is 0 Å². The van der Waals surface area contributed by atoms with E-state index in [-0.39, 0.29) is 5.56 Å². The zero-order chi connectivity index (χ0) is 13.1. The summed E-state index contributed by atoms with van der Waals surface area (Å²) >= 11 is 1.39. The molecule has 1 heterocycles. The predicted octanol–water partition coefficient (Wildman–Crippen LogP) is 2.28. The number of benzene rings is 1. The van der Waals surface area contributed by atoms with Gasteiger partial charge in [-0.2, -0.15) is 0 Å². The van der Waals surface area contributed by atoms with Crippen LogP contribution in [0, 0.1) is 6.92 Å². The molecule has 94 valence electrons. The smallest absolute Gasteiger partial charge is 0.251 e. The molecule has 0 amide bonds. The Labute approximate surface area is 109 Å². The number of nitrogens with zero attached hydrogens (tertiary/aromatic N) is 1. The minimum Gasteiger partial charge on any atom is -0.389 e. The largest absolute Gasteiger partial charge is 0.389 e. The zero-order valence-corrected chi connectivity index (χ0v) is 11.0. The van der Waals surface area contributed by atoms with Gasteiger partial charge in [-0.1, -0.05) is 23.9 Å². The molecule has 2 N–H and O–H groups in total. The maximum Gasteiger partial charge on any atom is 0.251 e. The number of aryl methyl sites for hydroxylation is 1. The van der Waals surface area contributed by atoms with Crippen LogP contribution in [-0.4, -0.2) is 15.1 Å². The van der Waals surface area contributed by atoms with Gasteiger partial charge in [0.2, 0.25) is 0 Å². The van der Waals surface area contributed by atoms with E-state index < -0.39 is 6.10 Å². The van der Waals surface area contributed by atoms with Crippen molar-refractivity contribution in [2.24, 2.45) is 0 Å². The third-order valence-electron chi connectivity index (χ3n) is 2.43. The van der Waals surface area contributed by atoms with Crippen molar-refractivity contribution in [3.05, 3.63) is 51.9 Å². The van der Waals surface area contributed by atoms with Gasteiger partial charge in [0.05, 0.1) is 6.10 Å². The Balaban J connectivity index is 2.20. The number of hydrogen-bond donors (Lipinski definition) is 2. The van der Waals surface area contributed by atoms with E-state index in [1.165, 1.54) is 17.8 Å². The average molecular weight is 262 g/mol. The lowest BCUT2D eigenvalue weighted by Crippen LogP contribution is -2.07. The SMILES string of the molecule is Cc1cc(=O)[nH]c(Sc2ccc([C@H](C)O)cc2)n1. The number of hydrogen-bond acceptors (Lipinski definition) is 4. The lowest BCUT2D eigenvalue weighted by Gasteiger charge is -2.06. The number of aromatic amines is 1. The highest BCUT2D eigenvalue weighted by Crippen LogP contribution is 2.25. The normalized spacial score (nSPS) is 12.4. The van der Waals surface area contributed by atoms with Crippen LogP contribution in [0.3, 0.4) is 0 Å². The van der Waals surface area contributed by atoms with E-state index in [1.807, 2.05) is 24.3 Å². The van der Waals surface area contributed by atoms with E-state index in [0.29, 0.717) is 10.9 Å². The van der Waals surface area contributed by atoms with E-state index in [9.17, 15) is 9.90 Å². The van der Waals surface area contributed by atoms with Crippen molar-refractivity contribution in [1.82, 2.24) is 9.97 Å². The van der Waals surface area contributed by atoms with Crippen LogP contribution in [0.15, 0.2) is 45.2 Å². The Kier molecular flexibility index (Phi) is 3.84. The first kappa shape index (κ1) is 12.9. The first-order chi connectivity index (χ1) is 8.54. The molecule has 4 nitrogen and oxygen atoms in total. The molecule has 0 aliphatic rings. The highest BCUT2D eigenvalue weighted by molar-refractivity contribution is 7.99. The van der Waals surface area contributed by atoms with Crippen molar-refractivity contribution in [3.63, 3.8) is 0 Å². The fourth-order valence-electron chi connectivity index (χ4n) is 1.53. The second kappa shape index (κ2) is 5.37. The summed E-state index contributed by atoms with van der Waals surface area (Å²) in [5.74, 6) is 0. The molecule has 5 heteroatoms. The molecule has 0 saturated heterocycles. The molecule has 0 aliphatic carbocycles. The lowest BCUT2D eigenvalue weighted by molar-refractivity contribution is 0.199. The molecule has 18 heavy (non-hydrogen) atoms. The van der Waals surface area contributed by atoms with Gasteiger partial charge >= 0.3 is 0 Å². The maximum absolute atomic E-state index is 11.3. The maximum atomic E-state index is 11.3. The fraction of sp³-hybridized carbons (Fsp3) is 0.231. The Morgan fingerprint density at radius 2 is 2.00 bits per heavy atom. The zero-order valence-electron chi connectivity index (χ0n) is 10.2. The number of aliphatic hydroxyl groups excluding tert-OH is 1. The van der Waals surface area contributed by atoms with Gasteiger partial charge in [0.15, 0.2) is 5.16 Å². The molecule has 0 aliphatic heterocycles. The second-order valence-electron chi connectivity index (χ2n) is 4.04.